The number of nitro groups is 1. The van der Waals surface area contributed by atoms with Gasteiger partial charge in [-0.3, -0.25) is 14.9 Å². The molecule has 8 nitrogen and oxygen atoms in total. The molecule has 170 valence electrons. The van der Waals surface area contributed by atoms with Gasteiger partial charge in [-0.2, -0.15) is 0 Å². The van der Waals surface area contributed by atoms with Gasteiger partial charge in [0.25, 0.3) is 5.69 Å². The molecule has 2 aromatic carbocycles. The van der Waals surface area contributed by atoms with Crippen molar-refractivity contribution in [2.75, 3.05) is 24.5 Å². The molecule has 0 radical (unpaired) electrons. The van der Waals surface area contributed by atoms with Crippen LogP contribution in [0.3, 0.4) is 0 Å². The summed E-state index contributed by atoms with van der Waals surface area (Å²) in [5.74, 6) is 0.115. The summed E-state index contributed by atoms with van der Waals surface area (Å²) in [5.41, 5.74) is 9.09. The normalized spacial score (nSPS) is 18.4. The van der Waals surface area contributed by atoms with E-state index in [0.717, 1.165) is 22.2 Å². The van der Waals surface area contributed by atoms with Crippen LogP contribution < -0.4 is 10.6 Å². The van der Waals surface area contributed by atoms with Crippen molar-refractivity contribution < 1.29 is 9.72 Å². The Kier molecular flexibility index (Phi) is 7.37. The summed E-state index contributed by atoms with van der Waals surface area (Å²) in [7, 11) is 0. The second-order valence-corrected chi connectivity index (χ2v) is 7.82. The second kappa shape index (κ2) is 10.0. The number of carbonyl (C=O) groups is 1. The lowest BCUT2D eigenvalue weighted by Crippen LogP contribution is -2.57. The number of piperazine rings is 1. The zero-order valence-corrected chi connectivity index (χ0v) is 18.8. The predicted octanol–water partition coefficient (Wildman–Crippen LogP) is 4.02. The van der Waals surface area contributed by atoms with E-state index in [1.807, 2.05) is 30.2 Å². The number of non-ortho nitro benzene ring substituents is 1. The van der Waals surface area contributed by atoms with Crippen LogP contribution in [0.4, 0.5) is 11.4 Å². The number of nitrogens with zero attached hydrogens (tertiary/aromatic N) is 3. The van der Waals surface area contributed by atoms with Gasteiger partial charge in [0.1, 0.15) is 0 Å². The average molecular weight is 458 g/mol. The van der Waals surface area contributed by atoms with Crippen molar-refractivity contribution >= 4 is 40.6 Å². The van der Waals surface area contributed by atoms with Crippen LogP contribution in [0, 0.1) is 10.1 Å². The third-order valence-corrected chi connectivity index (χ3v) is 6.08. The number of nitrogens with one attached hydrogen (secondary N) is 1. The number of anilines is 1. The number of amides is 1. The second-order valence-electron chi connectivity index (χ2n) is 7.82. The molecule has 32 heavy (non-hydrogen) atoms. The van der Waals surface area contributed by atoms with Gasteiger partial charge < -0.3 is 20.5 Å². The molecule has 2 heterocycles. The lowest BCUT2D eigenvalue weighted by Gasteiger charge is -2.49. The van der Waals surface area contributed by atoms with Crippen molar-refractivity contribution in [3.05, 3.63) is 70.4 Å². The lowest BCUT2D eigenvalue weighted by atomic mass is 9.90. The number of fused-ring (bicyclic) bond motifs is 1. The number of aromatic nitrogens is 1. The van der Waals surface area contributed by atoms with E-state index in [-0.39, 0.29) is 36.1 Å². The number of nitro benzene ring substituents is 1. The van der Waals surface area contributed by atoms with Gasteiger partial charge in [0.15, 0.2) is 0 Å². The van der Waals surface area contributed by atoms with Crippen LogP contribution in [0.1, 0.15) is 31.4 Å². The molecular formula is C23H28ClN5O3. The van der Waals surface area contributed by atoms with Crippen molar-refractivity contribution in [2.45, 2.75) is 31.8 Å². The molecule has 0 bridgehead atoms. The number of hydrogen-bond acceptors (Lipinski definition) is 5. The Labute approximate surface area is 192 Å². The van der Waals surface area contributed by atoms with Crippen LogP contribution in [0.5, 0.6) is 0 Å². The third-order valence-electron chi connectivity index (χ3n) is 6.08. The summed E-state index contributed by atoms with van der Waals surface area (Å²) < 4.78 is 0. The van der Waals surface area contributed by atoms with Crippen LogP contribution in [0.15, 0.2) is 54.7 Å². The van der Waals surface area contributed by atoms with E-state index in [1.54, 1.807) is 12.1 Å². The fraction of sp³-hybridized carbons (Fsp3) is 0.348. The largest absolute Gasteiger partial charge is 0.364 e. The SMILES string of the molecule is CCC(=O)N1CCN(c2ccc([N+](=O)[O-])cc2)C(CCN)C1c1ccc2[nH]ccc2c1.Cl. The molecule has 2 unspecified atom stereocenters. The highest BCUT2D eigenvalue weighted by Gasteiger charge is 2.39. The van der Waals surface area contributed by atoms with Gasteiger partial charge in [-0.25, -0.2) is 0 Å². The highest BCUT2D eigenvalue weighted by atomic mass is 35.5. The Bertz CT molecular complexity index is 1080. The van der Waals surface area contributed by atoms with Crippen LogP contribution in [0.25, 0.3) is 10.9 Å². The van der Waals surface area contributed by atoms with E-state index < -0.39 is 4.92 Å². The molecule has 1 aliphatic heterocycles. The zero-order valence-electron chi connectivity index (χ0n) is 17.9. The minimum absolute atomic E-state index is 0. The summed E-state index contributed by atoms with van der Waals surface area (Å²) in [6.07, 6.45) is 3.04. The van der Waals surface area contributed by atoms with Crippen molar-refractivity contribution in [3.8, 4) is 0 Å². The predicted molar refractivity (Wildman–Crippen MR) is 128 cm³/mol. The van der Waals surface area contributed by atoms with Crippen LogP contribution in [0.2, 0.25) is 0 Å². The quantitative estimate of drug-likeness (QED) is 0.429. The number of rotatable bonds is 6. The topological polar surface area (TPSA) is 108 Å². The molecule has 1 fully saturated rings. The Hall–Kier alpha value is -3.10. The maximum atomic E-state index is 12.9. The Morgan fingerprint density at radius 3 is 2.59 bits per heavy atom. The first-order valence-electron chi connectivity index (χ1n) is 10.6. The fourth-order valence-corrected chi connectivity index (χ4v) is 4.61. The van der Waals surface area contributed by atoms with Gasteiger partial charge >= 0.3 is 0 Å². The molecular weight excluding hydrogens is 430 g/mol. The fourth-order valence-electron chi connectivity index (χ4n) is 4.61. The number of hydrogen-bond donors (Lipinski definition) is 2. The number of nitrogens with two attached hydrogens (primary N) is 1. The molecule has 3 N–H and O–H groups in total. The number of halogens is 1. The molecule has 0 saturated carbocycles. The van der Waals surface area contributed by atoms with E-state index in [2.05, 4.69) is 22.0 Å². The minimum atomic E-state index is -0.395. The molecule has 3 aromatic rings. The number of H-pyrrole nitrogens is 1. The number of benzene rings is 2. The molecule has 1 aliphatic rings. The summed E-state index contributed by atoms with van der Waals surface area (Å²) >= 11 is 0. The summed E-state index contributed by atoms with van der Waals surface area (Å²) in [4.78, 5) is 31.0. The third kappa shape index (κ3) is 4.42. The van der Waals surface area contributed by atoms with Gasteiger partial charge in [-0.15, -0.1) is 12.4 Å². The Morgan fingerprint density at radius 1 is 1.19 bits per heavy atom. The van der Waals surface area contributed by atoms with E-state index in [4.69, 9.17) is 5.73 Å². The van der Waals surface area contributed by atoms with Gasteiger partial charge in [0.2, 0.25) is 5.91 Å². The van der Waals surface area contributed by atoms with E-state index in [0.29, 0.717) is 32.5 Å². The average Bonchev–Trinajstić information content (AvgIpc) is 3.26. The first-order chi connectivity index (χ1) is 15.0. The van der Waals surface area contributed by atoms with Crippen LogP contribution >= 0.6 is 12.4 Å². The first-order valence-corrected chi connectivity index (χ1v) is 10.6. The molecule has 1 saturated heterocycles. The van der Waals surface area contributed by atoms with E-state index in [9.17, 15) is 14.9 Å². The standard InChI is InChI=1S/C23H27N5O3.ClH/c1-2-22(29)27-14-13-26(18-4-6-19(7-5-18)28(30)31)21(9-11-24)23(27)17-3-8-20-16(15-17)10-12-25-20;/h3-8,10,12,15,21,23,25H,2,9,11,13-14,24H2,1H3;1H. The smallest absolute Gasteiger partial charge is 0.269 e. The molecule has 1 aromatic heterocycles. The Morgan fingerprint density at radius 2 is 1.94 bits per heavy atom. The molecule has 1 amide bonds. The molecule has 0 spiro atoms. The van der Waals surface area contributed by atoms with Crippen molar-refractivity contribution in [1.29, 1.82) is 0 Å². The molecule has 2 atom stereocenters. The molecule has 4 rings (SSSR count). The zero-order chi connectivity index (χ0) is 22.0. The Balaban J connectivity index is 0.00000289. The van der Waals surface area contributed by atoms with Crippen LogP contribution in [-0.4, -0.2) is 46.4 Å². The summed E-state index contributed by atoms with van der Waals surface area (Å²) in [6.45, 7) is 3.60. The summed E-state index contributed by atoms with van der Waals surface area (Å²) in [5, 5.41) is 12.2. The van der Waals surface area contributed by atoms with Gasteiger partial charge in [-0.1, -0.05) is 13.0 Å². The maximum absolute atomic E-state index is 12.9. The van der Waals surface area contributed by atoms with Crippen molar-refractivity contribution in [3.63, 3.8) is 0 Å². The molecule has 0 aliphatic carbocycles. The monoisotopic (exact) mass is 457 g/mol. The number of carbonyl (C=O) groups excluding carboxylic acids is 1. The first kappa shape index (κ1) is 23.6. The highest BCUT2D eigenvalue weighted by Crippen LogP contribution is 2.37. The lowest BCUT2D eigenvalue weighted by molar-refractivity contribution is -0.384. The van der Waals surface area contributed by atoms with E-state index >= 15 is 0 Å². The number of aromatic amines is 1. The molecule has 9 heteroatoms. The van der Waals surface area contributed by atoms with Crippen molar-refractivity contribution in [1.82, 2.24) is 9.88 Å². The minimum Gasteiger partial charge on any atom is -0.364 e. The van der Waals surface area contributed by atoms with Crippen LogP contribution in [-0.2, 0) is 4.79 Å². The summed E-state index contributed by atoms with van der Waals surface area (Å²) in [6, 6.07) is 14.7. The van der Waals surface area contributed by atoms with E-state index in [1.165, 1.54) is 12.1 Å². The van der Waals surface area contributed by atoms with Gasteiger partial charge in [0, 0.05) is 49.0 Å². The highest BCUT2D eigenvalue weighted by molar-refractivity contribution is 5.85. The van der Waals surface area contributed by atoms with Gasteiger partial charge in [-0.05, 0) is 54.2 Å². The van der Waals surface area contributed by atoms with Crippen molar-refractivity contribution in [2.24, 2.45) is 5.73 Å². The van der Waals surface area contributed by atoms with Gasteiger partial charge in [0.05, 0.1) is 17.0 Å². The maximum Gasteiger partial charge on any atom is 0.269 e.